The summed E-state index contributed by atoms with van der Waals surface area (Å²) >= 11 is 0. The summed E-state index contributed by atoms with van der Waals surface area (Å²) in [6.07, 6.45) is 8.03. The number of nitrogen functional groups attached to an aromatic ring is 1. The van der Waals surface area contributed by atoms with E-state index in [4.69, 9.17) is 15.5 Å². The van der Waals surface area contributed by atoms with Crippen LogP contribution in [0.1, 0.15) is 5.56 Å². The van der Waals surface area contributed by atoms with Crippen molar-refractivity contribution in [3.8, 4) is 28.1 Å². The van der Waals surface area contributed by atoms with Crippen molar-refractivity contribution in [2.45, 2.75) is 6.54 Å². The molecule has 3 heterocycles. The number of anilines is 3. The molecule has 0 atom stereocenters. The van der Waals surface area contributed by atoms with E-state index in [1.807, 2.05) is 48.5 Å². The first kappa shape index (κ1) is 21.0. The molecular formula is C24H21N9O. The van der Waals surface area contributed by atoms with Crippen molar-refractivity contribution < 1.29 is 4.74 Å². The van der Waals surface area contributed by atoms with E-state index in [1.165, 1.54) is 12.7 Å². The third kappa shape index (κ3) is 4.37. The summed E-state index contributed by atoms with van der Waals surface area (Å²) in [4.78, 5) is 21.5. The van der Waals surface area contributed by atoms with Gasteiger partial charge >= 0.3 is 0 Å². The third-order valence-electron chi connectivity index (χ3n) is 5.17. The third-order valence-corrected chi connectivity index (χ3v) is 5.17. The molecule has 34 heavy (non-hydrogen) atoms. The van der Waals surface area contributed by atoms with Crippen molar-refractivity contribution in [3.05, 3.63) is 85.5 Å². The molecule has 0 radical (unpaired) electrons. The Hall–Kier alpha value is -4.86. The quantitative estimate of drug-likeness (QED) is 0.381. The molecule has 0 fully saturated rings. The van der Waals surface area contributed by atoms with Gasteiger partial charge < -0.3 is 15.8 Å². The van der Waals surface area contributed by atoms with Gasteiger partial charge in [-0.2, -0.15) is 10.1 Å². The predicted octanol–water partition coefficient (Wildman–Crippen LogP) is 3.57. The number of aromatic nitrogens is 7. The van der Waals surface area contributed by atoms with Crippen molar-refractivity contribution in [1.82, 2.24) is 34.7 Å². The van der Waals surface area contributed by atoms with E-state index in [2.05, 4.69) is 30.4 Å². The molecule has 5 aromatic rings. The van der Waals surface area contributed by atoms with E-state index in [-0.39, 0.29) is 0 Å². The first-order valence-electron chi connectivity index (χ1n) is 10.5. The molecule has 0 saturated carbocycles. The van der Waals surface area contributed by atoms with E-state index >= 15 is 0 Å². The first-order valence-corrected chi connectivity index (χ1v) is 10.5. The largest absolute Gasteiger partial charge is 0.496 e. The van der Waals surface area contributed by atoms with Crippen LogP contribution in [-0.4, -0.2) is 41.8 Å². The Balaban J connectivity index is 1.52. The molecule has 0 unspecified atom stereocenters. The molecule has 2 aromatic carbocycles. The summed E-state index contributed by atoms with van der Waals surface area (Å²) in [5.74, 6) is 1.33. The van der Waals surface area contributed by atoms with Crippen LogP contribution in [0, 0.1) is 0 Å². The normalized spacial score (nSPS) is 10.7. The molecule has 10 nitrogen and oxygen atoms in total. The SMILES string of the molecule is COc1ccccc1-c1nc(Nc2ccc(Cn3cncn3)cc2)nc(N)c1-c1cncnc1. The summed E-state index contributed by atoms with van der Waals surface area (Å²) in [6, 6.07) is 15.5. The monoisotopic (exact) mass is 451 g/mol. The van der Waals surface area contributed by atoms with Crippen LogP contribution < -0.4 is 15.8 Å². The minimum atomic E-state index is 0.302. The fraction of sp³-hybridized carbons (Fsp3) is 0.0833. The van der Waals surface area contributed by atoms with Gasteiger partial charge in [-0.25, -0.2) is 24.6 Å². The van der Waals surface area contributed by atoms with Gasteiger partial charge in [0.2, 0.25) is 5.95 Å². The molecule has 3 aromatic heterocycles. The van der Waals surface area contributed by atoms with Gasteiger partial charge in [0.25, 0.3) is 0 Å². The van der Waals surface area contributed by atoms with Crippen molar-refractivity contribution in [1.29, 1.82) is 0 Å². The molecule has 0 bridgehead atoms. The highest BCUT2D eigenvalue weighted by atomic mass is 16.5. The summed E-state index contributed by atoms with van der Waals surface area (Å²) in [5, 5.41) is 7.38. The van der Waals surface area contributed by atoms with E-state index < -0.39 is 0 Å². The van der Waals surface area contributed by atoms with Gasteiger partial charge in [0.1, 0.15) is 30.5 Å². The molecular weight excluding hydrogens is 430 g/mol. The number of para-hydroxylation sites is 1. The molecule has 5 rings (SSSR count). The molecule has 0 aliphatic heterocycles. The Labute approximate surface area is 195 Å². The number of rotatable bonds is 7. The van der Waals surface area contributed by atoms with Gasteiger partial charge in [0.05, 0.1) is 24.9 Å². The maximum atomic E-state index is 6.43. The Morgan fingerprint density at radius 1 is 0.941 bits per heavy atom. The molecule has 0 aliphatic carbocycles. The Morgan fingerprint density at radius 2 is 1.74 bits per heavy atom. The topological polar surface area (TPSA) is 130 Å². The highest BCUT2D eigenvalue weighted by Crippen LogP contribution is 2.39. The number of nitrogens with zero attached hydrogens (tertiary/aromatic N) is 7. The van der Waals surface area contributed by atoms with Crippen LogP contribution in [-0.2, 0) is 6.54 Å². The van der Waals surface area contributed by atoms with Gasteiger partial charge in [0, 0.05) is 29.2 Å². The number of methoxy groups -OCH3 is 1. The second-order valence-corrected chi connectivity index (χ2v) is 7.40. The average Bonchev–Trinajstić information content (AvgIpc) is 3.38. The lowest BCUT2D eigenvalue weighted by Crippen LogP contribution is -2.06. The van der Waals surface area contributed by atoms with E-state index in [9.17, 15) is 0 Å². The smallest absolute Gasteiger partial charge is 0.229 e. The van der Waals surface area contributed by atoms with Crippen LogP contribution >= 0.6 is 0 Å². The molecule has 3 N–H and O–H groups in total. The van der Waals surface area contributed by atoms with Crippen LogP contribution in [0.3, 0.4) is 0 Å². The van der Waals surface area contributed by atoms with Crippen LogP contribution in [0.4, 0.5) is 17.5 Å². The number of hydrogen-bond donors (Lipinski definition) is 2. The fourth-order valence-corrected chi connectivity index (χ4v) is 3.61. The average molecular weight is 451 g/mol. The number of ether oxygens (including phenoxy) is 1. The second-order valence-electron chi connectivity index (χ2n) is 7.40. The predicted molar refractivity (Wildman–Crippen MR) is 128 cm³/mol. The minimum Gasteiger partial charge on any atom is -0.496 e. The van der Waals surface area contributed by atoms with Crippen LogP contribution in [0.15, 0.2) is 79.9 Å². The Kier molecular flexibility index (Phi) is 5.76. The van der Waals surface area contributed by atoms with Crippen molar-refractivity contribution in [2.24, 2.45) is 0 Å². The van der Waals surface area contributed by atoms with Gasteiger partial charge in [-0.15, -0.1) is 0 Å². The summed E-state index contributed by atoms with van der Waals surface area (Å²) in [5.41, 5.74) is 11.1. The highest BCUT2D eigenvalue weighted by Gasteiger charge is 2.19. The van der Waals surface area contributed by atoms with Gasteiger partial charge in [-0.05, 0) is 29.8 Å². The summed E-state index contributed by atoms with van der Waals surface area (Å²) < 4.78 is 7.34. The minimum absolute atomic E-state index is 0.302. The fourth-order valence-electron chi connectivity index (χ4n) is 3.61. The van der Waals surface area contributed by atoms with Crippen LogP contribution in [0.5, 0.6) is 5.75 Å². The standard InChI is InChI=1S/C24H21N9O/c1-34-20-5-3-2-4-19(20)22-21(17-10-26-13-27-11-17)23(25)32-24(31-22)30-18-8-6-16(7-9-18)12-33-15-28-14-29-33/h2-11,13-15H,12H2,1H3,(H3,25,30,31,32). The molecule has 0 saturated heterocycles. The lowest BCUT2D eigenvalue weighted by molar-refractivity contribution is 0.416. The number of nitrogens with two attached hydrogens (primary N) is 1. The zero-order chi connectivity index (χ0) is 23.3. The van der Waals surface area contributed by atoms with E-state index in [0.717, 1.165) is 16.8 Å². The second kappa shape index (κ2) is 9.33. The Morgan fingerprint density at radius 3 is 2.47 bits per heavy atom. The van der Waals surface area contributed by atoms with Gasteiger partial charge in [-0.1, -0.05) is 24.3 Å². The molecule has 0 amide bonds. The zero-order valence-corrected chi connectivity index (χ0v) is 18.3. The van der Waals surface area contributed by atoms with E-state index in [1.54, 1.807) is 30.5 Å². The van der Waals surface area contributed by atoms with Crippen LogP contribution in [0.2, 0.25) is 0 Å². The lowest BCUT2D eigenvalue weighted by Gasteiger charge is -2.16. The van der Waals surface area contributed by atoms with Crippen molar-refractivity contribution >= 4 is 17.5 Å². The maximum Gasteiger partial charge on any atom is 0.229 e. The number of benzene rings is 2. The van der Waals surface area contributed by atoms with Crippen molar-refractivity contribution in [2.75, 3.05) is 18.2 Å². The van der Waals surface area contributed by atoms with Gasteiger partial charge in [0.15, 0.2) is 0 Å². The van der Waals surface area contributed by atoms with E-state index in [0.29, 0.717) is 40.9 Å². The van der Waals surface area contributed by atoms with Crippen LogP contribution in [0.25, 0.3) is 22.4 Å². The summed E-state index contributed by atoms with van der Waals surface area (Å²) in [7, 11) is 1.62. The maximum absolute atomic E-state index is 6.43. The zero-order valence-electron chi connectivity index (χ0n) is 18.3. The first-order chi connectivity index (χ1) is 16.7. The highest BCUT2D eigenvalue weighted by molar-refractivity contribution is 5.89. The summed E-state index contributed by atoms with van der Waals surface area (Å²) in [6.45, 7) is 0.634. The molecule has 10 heteroatoms. The number of hydrogen-bond acceptors (Lipinski definition) is 9. The van der Waals surface area contributed by atoms with Crippen molar-refractivity contribution in [3.63, 3.8) is 0 Å². The molecule has 0 aliphatic rings. The number of nitrogens with one attached hydrogen (secondary N) is 1. The van der Waals surface area contributed by atoms with Gasteiger partial charge in [-0.3, -0.25) is 0 Å². The lowest BCUT2D eigenvalue weighted by atomic mass is 10.0. The Bertz CT molecular complexity index is 1390. The molecule has 0 spiro atoms. The molecule has 168 valence electrons.